The molecule has 0 aromatic heterocycles. The van der Waals surface area contributed by atoms with Crippen molar-refractivity contribution in [1.82, 2.24) is 0 Å². The SMILES string of the molecule is CC(C)(C)c1ccc(Sc2ccc(N=[N+]=[N-])c(S(=O)(=O)O)c2)cc1. The lowest BCUT2D eigenvalue weighted by Crippen LogP contribution is -2.10. The van der Waals surface area contributed by atoms with Crippen molar-refractivity contribution in [3.8, 4) is 0 Å². The van der Waals surface area contributed by atoms with Crippen molar-refractivity contribution >= 4 is 27.6 Å². The zero-order valence-corrected chi connectivity index (χ0v) is 15.1. The first-order chi connectivity index (χ1) is 11.1. The van der Waals surface area contributed by atoms with Gasteiger partial charge >= 0.3 is 0 Å². The molecule has 0 aliphatic rings. The summed E-state index contributed by atoms with van der Waals surface area (Å²) in [7, 11) is -4.47. The van der Waals surface area contributed by atoms with Crippen LogP contribution in [-0.4, -0.2) is 13.0 Å². The number of nitrogens with zero attached hydrogens (tertiary/aromatic N) is 3. The Kier molecular flexibility index (Phi) is 5.25. The lowest BCUT2D eigenvalue weighted by Gasteiger charge is -2.19. The topological polar surface area (TPSA) is 103 Å². The second-order valence-corrected chi connectivity index (χ2v) is 8.71. The van der Waals surface area contributed by atoms with Crippen molar-refractivity contribution in [2.24, 2.45) is 5.11 Å². The fraction of sp³-hybridized carbons (Fsp3) is 0.250. The van der Waals surface area contributed by atoms with Crippen LogP contribution in [0.1, 0.15) is 26.3 Å². The number of rotatable bonds is 4. The van der Waals surface area contributed by atoms with Gasteiger partial charge in [-0.2, -0.15) is 8.42 Å². The van der Waals surface area contributed by atoms with Crippen LogP contribution in [0.15, 0.2) is 62.3 Å². The summed E-state index contributed by atoms with van der Waals surface area (Å²) in [6, 6.07) is 12.3. The van der Waals surface area contributed by atoms with Gasteiger partial charge in [-0.1, -0.05) is 55.8 Å². The third kappa shape index (κ3) is 4.52. The van der Waals surface area contributed by atoms with E-state index in [0.29, 0.717) is 4.90 Å². The smallest absolute Gasteiger partial charge is 0.282 e. The van der Waals surface area contributed by atoms with E-state index in [9.17, 15) is 13.0 Å². The molecule has 24 heavy (non-hydrogen) atoms. The minimum Gasteiger partial charge on any atom is -0.282 e. The maximum Gasteiger partial charge on any atom is 0.295 e. The second kappa shape index (κ2) is 6.86. The van der Waals surface area contributed by atoms with Crippen LogP contribution in [0.5, 0.6) is 0 Å². The molecule has 6 nitrogen and oxygen atoms in total. The van der Waals surface area contributed by atoms with Crippen molar-refractivity contribution in [2.45, 2.75) is 40.9 Å². The molecule has 2 aromatic carbocycles. The van der Waals surface area contributed by atoms with Crippen LogP contribution in [0, 0.1) is 0 Å². The van der Waals surface area contributed by atoms with Gasteiger partial charge in [0.1, 0.15) is 4.90 Å². The van der Waals surface area contributed by atoms with Gasteiger partial charge in [0, 0.05) is 14.7 Å². The molecule has 0 heterocycles. The molecule has 0 aliphatic heterocycles. The molecule has 0 unspecified atom stereocenters. The monoisotopic (exact) mass is 363 g/mol. The van der Waals surface area contributed by atoms with Crippen LogP contribution in [0.4, 0.5) is 5.69 Å². The highest BCUT2D eigenvalue weighted by atomic mass is 32.2. The minimum atomic E-state index is -4.47. The van der Waals surface area contributed by atoms with Crippen LogP contribution >= 0.6 is 11.8 Å². The molecule has 8 heteroatoms. The van der Waals surface area contributed by atoms with Crippen LogP contribution < -0.4 is 0 Å². The Labute approximate surface area is 145 Å². The Morgan fingerprint density at radius 2 is 1.67 bits per heavy atom. The first-order valence-electron chi connectivity index (χ1n) is 7.06. The first-order valence-corrected chi connectivity index (χ1v) is 9.32. The zero-order chi connectivity index (χ0) is 18.0. The maximum absolute atomic E-state index is 11.5. The minimum absolute atomic E-state index is 0.0538. The summed E-state index contributed by atoms with van der Waals surface area (Å²) in [4.78, 5) is 3.71. The van der Waals surface area contributed by atoms with Gasteiger partial charge in [-0.25, -0.2) is 0 Å². The second-order valence-electron chi connectivity index (χ2n) is 6.17. The molecular weight excluding hydrogens is 346 g/mol. The normalized spacial score (nSPS) is 11.8. The van der Waals surface area contributed by atoms with Crippen LogP contribution in [0.2, 0.25) is 0 Å². The average Bonchev–Trinajstić information content (AvgIpc) is 2.47. The summed E-state index contributed by atoms with van der Waals surface area (Å²) in [5.74, 6) is 0. The van der Waals surface area contributed by atoms with E-state index in [1.54, 1.807) is 6.07 Å². The van der Waals surface area contributed by atoms with E-state index in [1.165, 1.54) is 29.5 Å². The van der Waals surface area contributed by atoms with E-state index in [-0.39, 0.29) is 11.1 Å². The summed E-state index contributed by atoms with van der Waals surface area (Å²) in [5, 5.41) is 3.29. The van der Waals surface area contributed by atoms with E-state index >= 15 is 0 Å². The molecule has 1 N–H and O–H groups in total. The Balaban J connectivity index is 2.35. The molecule has 0 saturated carbocycles. The standard InChI is InChI=1S/C16H17N3O3S2/c1-16(2,3)11-4-6-12(7-5-11)23-13-8-9-14(18-19-17)15(10-13)24(20,21)22/h4-10H,1-3H3,(H,20,21,22). The van der Waals surface area contributed by atoms with Gasteiger partial charge in [0.25, 0.3) is 10.1 Å². The molecule has 2 aromatic rings. The highest BCUT2D eigenvalue weighted by Gasteiger charge is 2.16. The average molecular weight is 363 g/mol. The highest BCUT2D eigenvalue weighted by molar-refractivity contribution is 7.99. The van der Waals surface area contributed by atoms with Crippen LogP contribution in [0.3, 0.4) is 0 Å². The Morgan fingerprint density at radius 3 is 2.17 bits per heavy atom. The Morgan fingerprint density at radius 1 is 1.08 bits per heavy atom. The largest absolute Gasteiger partial charge is 0.295 e. The van der Waals surface area contributed by atoms with Gasteiger partial charge in [0.2, 0.25) is 0 Å². The summed E-state index contributed by atoms with van der Waals surface area (Å²) < 4.78 is 32.2. The van der Waals surface area contributed by atoms with Gasteiger partial charge in [0.15, 0.2) is 0 Å². The summed E-state index contributed by atoms with van der Waals surface area (Å²) in [6.07, 6.45) is 0. The molecule has 0 bridgehead atoms. The number of hydrogen-bond acceptors (Lipinski definition) is 4. The molecule has 0 aliphatic carbocycles. The van der Waals surface area contributed by atoms with Crippen molar-refractivity contribution in [3.63, 3.8) is 0 Å². The van der Waals surface area contributed by atoms with Crippen molar-refractivity contribution in [1.29, 1.82) is 0 Å². The quantitative estimate of drug-likeness (QED) is 0.343. The lowest BCUT2D eigenvalue weighted by molar-refractivity contribution is 0.483. The van der Waals surface area contributed by atoms with Crippen LogP contribution in [-0.2, 0) is 15.5 Å². The van der Waals surface area contributed by atoms with E-state index in [2.05, 4.69) is 30.8 Å². The molecule has 0 radical (unpaired) electrons. The number of hydrogen-bond donors (Lipinski definition) is 1. The molecule has 2 rings (SSSR count). The van der Waals surface area contributed by atoms with Gasteiger partial charge in [0.05, 0.1) is 5.69 Å². The highest BCUT2D eigenvalue weighted by Crippen LogP contribution is 2.34. The number of benzene rings is 2. The molecule has 126 valence electrons. The van der Waals surface area contributed by atoms with Crippen molar-refractivity contribution in [3.05, 3.63) is 58.5 Å². The third-order valence-corrected chi connectivity index (χ3v) is 5.20. The molecule has 0 spiro atoms. The summed E-state index contributed by atoms with van der Waals surface area (Å²) in [6.45, 7) is 6.38. The first kappa shape index (κ1) is 18.4. The number of azide groups is 1. The van der Waals surface area contributed by atoms with Crippen molar-refractivity contribution in [2.75, 3.05) is 0 Å². The van der Waals surface area contributed by atoms with Gasteiger partial charge in [-0.05, 0) is 40.8 Å². The molecule has 0 amide bonds. The molecular formula is C16H17N3O3S2. The van der Waals surface area contributed by atoms with Gasteiger partial charge in [-0.15, -0.1) is 0 Å². The Bertz CT molecular complexity index is 895. The van der Waals surface area contributed by atoms with E-state index in [1.807, 2.05) is 24.3 Å². The lowest BCUT2D eigenvalue weighted by atomic mass is 9.87. The fourth-order valence-electron chi connectivity index (χ4n) is 2.05. The molecule has 0 saturated heterocycles. The third-order valence-electron chi connectivity index (χ3n) is 3.32. The van der Waals surface area contributed by atoms with E-state index in [0.717, 1.165) is 4.90 Å². The summed E-state index contributed by atoms with van der Waals surface area (Å²) >= 11 is 1.35. The van der Waals surface area contributed by atoms with Crippen LogP contribution in [0.25, 0.3) is 10.4 Å². The maximum atomic E-state index is 11.5. The summed E-state index contributed by atoms with van der Waals surface area (Å²) in [5.41, 5.74) is 9.60. The predicted molar refractivity (Wildman–Crippen MR) is 94.3 cm³/mol. The van der Waals surface area contributed by atoms with E-state index in [4.69, 9.17) is 5.53 Å². The van der Waals surface area contributed by atoms with Gasteiger partial charge in [-0.3, -0.25) is 4.55 Å². The predicted octanol–water partition coefficient (Wildman–Crippen LogP) is 5.32. The van der Waals surface area contributed by atoms with E-state index < -0.39 is 15.0 Å². The molecule has 0 fully saturated rings. The van der Waals surface area contributed by atoms with Gasteiger partial charge < -0.3 is 0 Å². The Hall–Kier alpha value is -1.99. The van der Waals surface area contributed by atoms with Crippen molar-refractivity contribution < 1.29 is 13.0 Å². The zero-order valence-electron chi connectivity index (χ0n) is 13.5. The fourth-order valence-corrected chi connectivity index (χ4v) is 3.64. The molecule has 0 atom stereocenters.